The topological polar surface area (TPSA) is 50.1 Å². The fourth-order valence-electron chi connectivity index (χ4n) is 2.47. The van der Waals surface area contributed by atoms with Gasteiger partial charge < -0.3 is 4.74 Å². The predicted octanol–water partition coefficient (Wildman–Crippen LogP) is 3.58. The predicted molar refractivity (Wildman–Crippen MR) is 75.7 cm³/mol. The molecule has 2 rings (SSSR count). The van der Waals surface area contributed by atoms with Crippen LogP contribution in [0.5, 0.6) is 0 Å². The minimum atomic E-state index is -0.719. The Bertz CT molecular complexity index is 512. The first-order valence-corrected chi connectivity index (χ1v) is 7.13. The lowest BCUT2D eigenvalue weighted by molar-refractivity contribution is -0.132. The molecule has 0 amide bonds. The second kappa shape index (κ2) is 5.85. The third kappa shape index (κ3) is 2.88. The van der Waals surface area contributed by atoms with Gasteiger partial charge in [-0.3, -0.25) is 4.79 Å². The first-order chi connectivity index (χ1) is 9.12. The van der Waals surface area contributed by atoms with Crippen molar-refractivity contribution in [2.24, 2.45) is 0 Å². The quantitative estimate of drug-likeness (QED) is 0.832. The summed E-state index contributed by atoms with van der Waals surface area (Å²) in [5.41, 5.74) is 0.411. The Morgan fingerprint density at radius 3 is 2.68 bits per heavy atom. The van der Waals surface area contributed by atoms with Crippen LogP contribution in [0.25, 0.3) is 0 Å². The average Bonchev–Trinajstić information content (AvgIpc) is 2.37. The summed E-state index contributed by atoms with van der Waals surface area (Å²) in [6, 6.07) is 9.49. The van der Waals surface area contributed by atoms with Crippen molar-refractivity contribution in [2.75, 3.05) is 7.11 Å². The Morgan fingerprint density at radius 1 is 1.53 bits per heavy atom. The van der Waals surface area contributed by atoms with Crippen molar-refractivity contribution >= 4 is 21.7 Å². The number of halogens is 1. The van der Waals surface area contributed by atoms with E-state index < -0.39 is 5.92 Å². The zero-order valence-electron chi connectivity index (χ0n) is 10.9. The van der Waals surface area contributed by atoms with E-state index in [9.17, 15) is 10.1 Å². The van der Waals surface area contributed by atoms with E-state index in [4.69, 9.17) is 4.74 Å². The van der Waals surface area contributed by atoms with Crippen LogP contribution in [0.3, 0.4) is 0 Å². The molecule has 19 heavy (non-hydrogen) atoms. The van der Waals surface area contributed by atoms with Crippen molar-refractivity contribution < 1.29 is 9.53 Å². The summed E-state index contributed by atoms with van der Waals surface area (Å²) in [4.78, 5) is 12.4. The molecule has 1 unspecified atom stereocenters. The molecule has 3 nitrogen and oxygen atoms in total. The highest BCUT2D eigenvalue weighted by molar-refractivity contribution is 9.10. The second-order valence-electron chi connectivity index (χ2n) is 4.97. The van der Waals surface area contributed by atoms with Gasteiger partial charge >= 0.3 is 0 Å². The van der Waals surface area contributed by atoms with Crippen molar-refractivity contribution in [3.63, 3.8) is 0 Å². The molecule has 1 aliphatic rings. The molecule has 0 radical (unpaired) electrons. The molecule has 0 spiro atoms. The number of nitrogens with zero attached hydrogens (tertiary/aromatic N) is 1. The van der Waals surface area contributed by atoms with E-state index in [1.807, 2.05) is 24.3 Å². The number of Topliss-reactive ketones (excluding diaryl/α,β-unsaturated/α-hetero) is 1. The highest BCUT2D eigenvalue weighted by Gasteiger charge is 2.40. The lowest BCUT2D eigenvalue weighted by atomic mass is 9.74. The van der Waals surface area contributed by atoms with Gasteiger partial charge in [0.2, 0.25) is 0 Å². The van der Waals surface area contributed by atoms with E-state index in [2.05, 4.69) is 22.0 Å². The van der Waals surface area contributed by atoms with Gasteiger partial charge in [0, 0.05) is 18.0 Å². The highest BCUT2D eigenvalue weighted by Crippen LogP contribution is 2.40. The van der Waals surface area contributed by atoms with Gasteiger partial charge in [-0.15, -0.1) is 0 Å². The summed E-state index contributed by atoms with van der Waals surface area (Å²) in [5, 5.41) is 9.30. The van der Waals surface area contributed by atoms with Crippen LogP contribution in [0, 0.1) is 11.3 Å². The van der Waals surface area contributed by atoms with Crippen molar-refractivity contribution in [1.29, 1.82) is 5.26 Å². The Morgan fingerprint density at radius 2 is 2.21 bits per heavy atom. The van der Waals surface area contributed by atoms with E-state index >= 15 is 0 Å². The van der Waals surface area contributed by atoms with Gasteiger partial charge in [0.25, 0.3) is 0 Å². The molecule has 0 aromatic heterocycles. The molecule has 1 atom stereocenters. The molecule has 1 saturated carbocycles. The fraction of sp³-hybridized carbons (Fsp3) is 0.467. The summed E-state index contributed by atoms with van der Waals surface area (Å²) in [6.07, 6.45) is 3.23. The van der Waals surface area contributed by atoms with Crippen LogP contribution in [0.15, 0.2) is 28.7 Å². The maximum absolute atomic E-state index is 12.4. The Kier molecular flexibility index (Phi) is 4.38. The smallest absolute Gasteiger partial charge is 0.157 e. The molecule has 1 fully saturated rings. The number of hydrogen-bond acceptors (Lipinski definition) is 3. The van der Waals surface area contributed by atoms with Gasteiger partial charge in [0.05, 0.1) is 11.7 Å². The maximum atomic E-state index is 12.4. The van der Waals surface area contributed by atoms with Gasteiger partial charge in [0.15, 0.2) is 5.78 Å². The van der Waals surface area contributed by atoms with Gasteiger partial charge in [-0.25, -0.2) is 0 Å². The summed E-state index contributed by atoms with van der Waals surface area (Å²) in [7, 11) is 1.65. The van der Waals surface area contributed by atoms with Crippen LogP contribution in [-0.2, 0) is 9.53 Å². The van der Waals surface area contributed by atoms with Gasteiger partial charge in [-0.2, -0.15) is 5.26 Å². The minimum Gasteiger partial charge on any atom is -0.378 e. The molecule has 0 heterocycles. The minimum absolute atomic E-state index is 0.0593. The number of ether oxygens (including phenoxy) is 1. The molecule has 1 aliphatic carbocycles. The number of ketones is 1. The first kappa shape index (κ1) is 14.2. The molecule has 1 aromatic carbocycles. The SMILES string of the molecule is COC1(CC(=O)C(C#N)c2ccccc2Br)CCC1. The average molecular weight is 322 g/mol. The Balaban J connectivity index is 2.17. The summed E-state index contributed by atoms with van der Waals surface area (Å²) in [6.45, 7) is 0. The fourth-order valence-corrected chi connectivity index (χ4v) is 2.98. The molecule has 100 valence electrons. The van der Waals surface area contributed by atoms with Crippen LogP contribution < -0.4 is 0 Å². The van der Waals surface area contributed by atoms with Crippen molar-refractivity contribution in [2.45, 2.75) is 37.2 Å². The van der Waals surface area contributed by atoms with Crippen LogP contribution in [0.4, 0.5) is 0 Å². The number of nitriles is 1. The van der Waals surface area contributed by atoms with Crippen molar-refractivity contribution in [1.82, 2.24) is 0 Å². The van der Waals surface area contributed by atoms with E-state index in [0.717, 1.165) is 29.3 Å². The van der Waals surface area contributed by atoms with Crippen LogP contribution in [0.1, 0.15) is 37.2 Å². The standard InChI is InChI=1S/C15H16BrNO2/c1-19-15(7-4-8-15)9-14(18)12(10-17)11-5-2-3-6-13(11)16/h2-3,5-6,12H,4,7-9H2,1H3. The first-order valence-electron chi connectivity index (χ1n) is 6.34. The molecule has 0 aliphatic heterocycles. The molecule has 1 aromatic rings. The number of methoxy groups -OCH3 is 1. The Labute approximate surface area is 121 Å². The van der Waals surface area contributed by atoms with Gasteiger partial charge in [-0.1, -0.05) is 34.1 Å². The van der Waals surface area contributed by atoms with E-state index in [1.54, 1.807) is 7.11 Å². The number of carbonyl (C=O) groups is 1. The van der Waals surface area contributed by atoms with Crippen LogP contribution >= 0.6 is 15.9 Å². The third-order valence-corrected chi connectivity index (χ3v) is 4.58. The monoisotopic (exact) mass is 321 g/mol. The number of hydrogen-bond donors (Lipinski definition) is 0. The van der Waals surface area contributed by atoms with Gasteiger partial charge in [-0.05, 0) is 30.9 Å². The number of carbonyl (C=O) groups excluding carboxylic acids is 1. The molecule has 4 heteroatoms. The van der Waals surface area contributed by atoms with Crippen LogP contribution in [-0.4, -0.2) is 18.5 Å². The summed E-state index contributed by atoms with van der Waals surface area (Å²) >= 11 is 3.40. The summed E-state index contributed by atoms with van der Waals surface area (Å²) < 4.78 is 6.26. The molecule has 0 N–H and O–H groups in total. The van der Waals surface area contributed by atoms with E-state index in [0.29, 0.717) is 6.42 Å². The van der Waals surface area contributed by atoms with Crippen LogP contribution in [0.2, 0.25) is 0 Å². The normalized spacial score (nSPS) is 18.2. The number of rotatable bonds is 5. The molecular weight excluding hydrogens is 306 g/mol. The van der Waals surface area contributed by atoms with Gasteiger partial charge in [0.1, 0.15) is 5.92 Å². The zero-order valence-corrected chi connectivity index (χ0v) is 12.4. The largest absolute Gasteiger partial charge is 0.378 e. The van der Waals surface area contributed by atoms with E-state index in [1.165, 1.54) is 0 Å². The highest BCUT2D eigenvalue weighted by atomic mass is 79.9. The zero-order chi connectivity index (χ0) is 13.9. The van der Waals surface area contributed by atoms with E-state index in [-0.39, 0.29) is 11.4 Å². The molecule has 0 bridgehead atoms. The summed E-state index contributed by atoms with van der Waals surface area (Å²) in [5.74, 6) is -0.779. The number of benzene rings is 1. The lowest BCUT2D eigenvalue weighted by Crippen LogP contribution is -2.42. The Hall–Kier alpha value is -1.18. The van der Waals surface area contributed by atoms with Crippen molar-refractivity contribution in [3.05, 3.63) is 34.3 Å². The third-order valence-electron chi connectivity index (χ3n) is 3.86. The lowest BCUT2D eigenvalue weighted by Gasteiger charge is -2.40. The van der Waals surface area contributed by atoms with Crippen molar-refractivity contribution in [3.8, 4) is 6.07 Å². The molecular formula is C15H16BrNO2. The maximum Gasteiger partial charge on any atom is 0.157 e. The molecule has 0 saturated heterocycles. The second-order valence-corrected chi connectivity index (χ2v) is 5.82.